The Morgan fingerprint density at radius 3 is 2.31 bits per heavy atom. The Morgan fingerprint density at radius 2 is 1.73 bits per heavy atom. The van der Waals surface area contributed by atoms with E-state index in [1.165, 1.54) is 31.4 Å². The minimum Gasteiger partial charge on any atom is -0.383 e. The number of methoxy groups -OCH3 is 1. The summed E-state index contributed by atoms with van der Waals surface area (Å²) < 4.78 is 32.4. The fraction of sp³-hybridized carbons (Fsp3) is 0.278. The largest absolute Gasteiger partial charge is 0.383 e. The third-order valence-corrected chi connectivity index (χ3v) is 5.75. The van der Waals surface area contributed by atoms with Crippen LogP contribution < -0.4 is 10.0 Å². The fourth-order valence-electron chi connectivity index (χ4n) is 2.26. The zero-order valence-corrected chi connectivity index (χ0v) is 16.9. The molecule has 2 rings (SSSR count). The zero-order chi connectivity index (χ0) is 19.2. The molecule has 6 nitrogen and oxygen atoms in total. The molecule has 0 saturated carbocycles. The summed E-state index contributed by atoms with van der Waals surface area (Å²) in [5, 5.41) is 2.90. The van der Waals surface area contributed by atoms with Gasteiger partial charge in [-0.15, -0.1) is 0 Å². The molecule has 0 radical (unpaired) electrons. The maximum Gasteiger partial charge on any atom is 0.251 e. The van der Waals surface area contributed by atoms with Gasteiger partial charge in [-0.1, -0.05) is 28.1 Å². The molecule has 0 aliphatic rings. The molecule has 1 unspecified atom stereocenters. The van der Waals surface area contributed by atoms with Crippen molar-refractivity contribution in [2.75, 3.05) is 20.3 Å². The second kappa shape index (κ2) is 9.27. The molecule has 1 atom stereocenters. The SMILES string of the molecule is COCCNS(=O)(=O)c1ccc(C(=O)NC(C)c2ccc(Br)cc2)cc1. The van der Waals surface area contributed by atoms with Gasteiger partial charge < -0.3 is 10.1 Å². The minimum absolute atomic E-state index is 0.103. The monoisotopic (exact) mass is 440 g/mol. The number of carbonyl (C=O) groups is 1. The van der Waals surface area contributed by atoms with E-state index in [1.54, 1.807) is 0 Å². The van der Waals surface area contributed by atoms with Gasteiger partial charge in [0.2, 0.25) is 10.0 Å². The second-order valence-electron chi connectivity index (χ2n) is 5.66. The van der Waals surface area contributed by atoms with E-state index in [0.29, 0.717) is 5.56 Å². The van der Waals surface area contributed by atoms with Crippen LogP contribution in [0.4, 0.5) is 0 Å². The van der Waals surface area contributed by atoms with E-state index in [0.717, 1.165) is 10.0 Å². The van der Waals surface area contributed by atoms with Crippen molar-refractivity contribution in [2.45, 2.75) is 17.9 Å². The molecule has 26 heavy (non-hydrogen) atoms. The van der Waals surface area contributed by atoms with Crippen LogP contribution in [0, 0.1) is 0 Å². The van der Waals surface area contributed by atoms with E-state index in [1.807, 2.05) is 31.2 Å². The quantitative estimate of drug-likeness (QED) is 0.618. The minimum atomic E-state index is -3.61. The Kier molecular flexibility index (Phi) is 7.33. The molecule has 0 aliphatic carbocycles. The first-order valence-corrected chi connectivity index (χ1v) is 10.3. The van der Waals surface area contributed by atoms with Crippen molar-refractivity contribution in [3.63, 3.8) is 0 Å². The maximum atomic E-state index is 12.4. The molecule has 1 amide bonds. The van der Waals surface area contributed by atoms with Crippen LogP contribution in [0.2, 0.25) is 0 Å². The lowest BCUT2D eigenvalue weighted by atomic mass is 10.1. The number of benzene rings is 2. The van der Waals surface area contributed by atoms with Gasteiger partial charge in [-0.25, -0.2) is 13.1 Å². The van der Waals surface area contributed by atoms with Crippen molar-refractivity contribution in [3.05, 3.63) is 64.1 Å². The van der Waals surface area contributed by atoms with Crippen LogP contribution in [-0.4, -0.2) is 34.6 Å². The van der Waals surface area contributed by atoms with Gasteiger partial charge in [0.25, 0.3) is 5.91 Å². The Bertz CT molecular complexity index is 836. The highest BCUT2D eigenvalue weighted by Gasteiger charge is 2.15. The molecule has 0 aliphatic heterocycles. The molecule has 2 aromatic rings. The second-order valence-corrected chi connectivity index (χ2v) is 8.34. The lowest BCUT2D eigenvalue weighted by Gasteiger charge is -2.15. The first-order valence-electron chi connectivity index (χ1n) is 7.98. The molecule has 0 bridgehead atoms. The van der Waals surface area contributed by atoms with E-state index >= 15 is 0 Å². The van der Waals surface area contributed by atoms with Crippen LogP contribution in [0.5, 0.6) is 0 Å². The van der Waals surface area contributed by atoms with Crippen molar-refractivity contribution in [1.29, 1.82) is 0 Å². The summed E-state index contributed by atoms with van der Waals surface area (Å²) in [6.45, 7) is 2.36. The van der Waals surface area contributed by atoms with E-state index < -0.39 is 10.0 Å². The smallest absolute Gasteiger partial charge is 0.251 e. The van der Waals surface area contributed by atoms with Crippen molar-refractivity contribution >= 4 is 31.9 Å². The van der Waals surface area contributed by atoms with Gasteiger partial charge >= 0.3 is 0 Å². The summed E-state index contributed by atoms with van der Waals surface area (Å²) >= 11 is 3.38. The van der Waals surface area contributed by atoms with Gasteiger partial charge in [0.15, 0.2) is 0 Å². The Balaban J connectivity index is 2.03. The molecule has 0 aromatic heterocycles. The van der Waals surface area contributed by atoms with Crippen molar-refractivity contribution in [2.24, 2.45) is 0 Å². The first-order chi connectivity index (χ1) is 12.3. The van der Waals surface area contributed by atoms with Gasteiger partial charge in [0.1, 0.15) is 0 Å². The summed E-state index contributed by atoms with van der Waals surface area (Å²) in [4.78, 5) is 12.5. The number of amides is 1. The highest BCUT2D eigenvalue weighted by molar-refractivity contribution is 9.10. The zero-order valence-electron chi connectivity index (χ0n) is 14.5. The maximum absolute atomic E-state index is 12.4. The van der Waals surface area contributed by atoms with Gasteiger partial charge in [-0.05, 0) is 48.9 Å². The lowest BCUT2D eigenvalue weighted by Crippen LogP contribution is -2.28. The van der Waals surface area contributed by atoms with Gasteiger partial charge in [-0.2, -0.15) is 0 Å². The van der Waals surface area contributed by atoms with Gasteiger partial charge in [-0.3, -0.25) is 4.79 Å². The third-order valence-electron chi connectivity index (χ3n) is 3.74. The van der Waals surface area contributed by atoms with Crippen LogP contribution in [0.15, 0.2) is 57.9 Å². The third kappa shape index (κ3) is 5.63. The number of halogens is 1. The molecule has 0 heterocycles. The molecule has 8 heteroatoms. The van der Waals surface area contributed by atoms with Crippen LogP contribution >= 0.6 is 15.9 Å². The highest BCUT2D eigenvalue weighted by Crippen LogP contribution is 2.17. The molecule has 0 fully saturated rings. The van der Waals surface area contributed by atoms with Crippen LogP contribution in [-0.2, 0) is 14.8 Å². The number of nitrogens with one attached hydrogen (secondary N) is 2. The average molecular weight is 441 g/mol. The number of rotatable bonds is 8. The molecule has 0 saturated heterocycles. The van der Waals surface area contributed by atoms with E-state index in [4.69, 9.17) is 4.74 Å². The van der Waals surface area contributed by atoms with E-state index in [-0.39, 0.29) is 30.0 Å². The van der Waals surface area contributed by atoms with Crippen LogP contribution in [0.1, 0.15) is 28.9 Å². The van der Waals surface area contributed by atoms with Gasteiger partial charge in [0, 0.05) is 23.7 Å². The predicted octanol–water partition coefficient (Wildman–Crippen LogP) is 2.86. The van der Waals surface area contributed by atoms with Crippen LogP contribution in [0.25, 0.3) is 0 Å². The van der Waals surface area contributed by atoms with Crippen LogP contribution in [0.3, 0.4) is 0 Å². The van der Waals surface area contributed by atoms with E-state index in [9.17, 15) is 13.2 Å². The molecule has 0 spiro atoms. The number of carbonyl (C=O) groups excluding carboxylic acids is 1. The average Bonchev–Trinajstić information content (AvgIpc) is 2.62. The summed E-state index contributed by atoms with van der Waals surface area (Å²) in [6, 6.07) is 13.3. The lowest BCUT2D eigenvalue weighted by molar-refractivity contribution is 0.0940. The summed E-state index contributed by atoms with van der Waals surface area (Å²) in [5.74, 6) is -0.267. The topological polar surface area (TPSA) is 84.5 Å². The first kappa shape index (κ1) is 20.6. The Hall–Kier alpha value is -1.74. The fourth-order valence-corrected chi connectivity index (χ4v) is 3.54. The highest BCUT2D eigenvalue weighted by atomic mass is 79.9. The summed E-state index contributed by atoms with van der Waals surface area (Å²) in [5.41, 5.74) is 1.37. The molecule has 140 valence electrons. The molecule has 2 aromatic carbocycles. The molecular weight excluding hydrogens is 420 g/mol. The van der Waals surface area contributed by atoms with Gasteiger partial charge in [0.05, 0.1) is 17.5 Å². The standard InChI is InChI=1S/C18H21BrN2O4S/c1-13(14-3-7-16(19)8-4-14)21-18(22)15-5-9-17(10-6-15)26(23,24)20-11-12-25-2/h3-10,13,20H,11-12H2,1-2H3,(H,21,22). The normalized spacial score (nSPS) is 12.6. The van der Waals surface area contributed by atoms with Crippen molar-refractivity contribution in [3.8, 4) is 0 Å². The Morgan fingerprint density at radius 1 is 1.12 bits per heavy atom. The Labute approximate surface area is 162 Å². The predicted molar refractivity (Wildman–Crippen MR) is 104 cm³/mol. The molecule has 2 N–H and O–H groups in total. The summed E-state index contributed by atoms with van der Waals surface area (Å²) in [6.07, 6.45) is 0. The number of sulfonamides is 1. The van der Waals surface area contributed by atoms with Crippen molar-refractivity contribution in [1.82, 2.24) is 10.0 Å². The van der Waals surface area contributed by atoms with E-state index in [2.05, 4.69) is 26.0 Å². The number of hydrogen-bond donors (Lipinski definition) is 2. The number of ether oxygens (including phenoxy) is 1. The van der Waals surface area contributed by atoms with Crippen molar-refractivity contribution < 1.29 is 17.9 Å². The number of hydrogen-bond acceptors (Lipinski definition) is 4. The molecular formula is C18H21BrN2O4S. The summed E-state index contributed by atoms with van der Waals surface area (Å²) in [7, 11) is -2.11.